The lowest BCUT2D eigenvalue weighted by Gasteiger charge is -2.26. The van der Waals surface area contributed by atoms with Crippen LogP contribution in [0.4, 0.5) is 17.1 Å². The van der Waals surface area contributed by atoms with Crippen molar-refractivity contribution in [1.29, 1.82) is 0 Å². The second kappa shape index (κ2) is 10.3. The molecule has 0 amide bonds. The molecule has 0 fully saturated rings. The van der Waals surface area contributed by atoms with Gasteiger partial charge in [0.15, 0.2) is 0 Å². The van der Waals surface area contributed by atoms with Crippen LogP contribution >= 0.6 is 0 Å². The van der Waals surface area contributed by atoms with E-state index in [-0.39, 0.29) is 0 Å². The Hall–Kier alpha value is -6.06. The van der Waals surface area contributed by atoms with E-state index < -0.39 is 0 Å². The van der Waals surface area contributed by atoms with E-state index in [1.54, 1.807) is 0 Å². The largest absolute Gasteiger partial charge is 0.456 e. The maximum absolute atomic E-state index is 6.22. The molecule has 2 aromatic heterocycles. The van der Waals surface area contributed by atoms with Crippen LogP contribution < -0.4 is 4.90 Å². The van der Waals surface area contributed by atoms with Gasteiger partial charge in [-0.15, -0.1) is 0 Å². The molecule has 3 nitrogen and oxygen atoms in total. The van der Waals surface area contributed by atoms with Crippen molar-refractivity contribution in [3.8, 4) is 16.8 Å². The molecule has 0 bridgehead atoms. The van der Waals surface area contributed by atoms with Crippen molar-refractivity contribution in [2.45, 2.75) is 0 Å². The summed E-state index contributed by atoms with van der Waals surface area (Å²) < 4.78 is 8.62. The summed E-state index contributed by atoms with van der Waals surface area (Å²) in [6, 6.07) is 60.2. The fraction of sp³-hybridized carbons (Fsp3) is 0. The van der Waals surface area contributed by atoms with Crippen LogP contribution in [0.1, 0.15) is 0 Å². The van der Waals surface area contributed by atoms with Crippen molar-refractivity contribution >= 4 is 60.8 Å². The molecule has 9 rings (SSSR count). The minimum absolute atomic E-state index is 0.887. The molecule has 0 unspecified atom stereocenters. The average molecular weight is 577 g/mol. The molecule has 3 heteroatoms. The smallest absolute Gasteiger partial charge is 0.135 e. The molecular weight excluding hydrogens is 548 g/mol. The first kappa shape index (κ1) is 25.4. The summed E-state index contributed by atoms with van der Waals surface area (Å²) in [5.41, 5.74) is 11.0. The summed E-state index contributed by atoms with van der Waals surface area (Å²) in [6.07, 6.45) is 0. The number of fused-ring (bicyclic) bond motifs is 6. The molecule has 7 aromatic carbocycles. The van der Waals surface area contributed by atoms with Gasteiger partial charge in [0.05, 0.1) is 16.7 Å². The van der Waals surface area contributed by atoms with Crippen molar-refractivity contribution in [3.05, 3.63) is 170 Å². The van der Waals surface area contributed by atoms with Crippen molar-refractivity contribution in [2.75, 3.05) is 4.90 Å². The number of hydrogen-bond donors (Lipinski definition) is 0. The molecule has 0 aliphatic carbocycles. The van der Waals surface area contributed by atoms with Gasteiger partial charge in [0.1, 0.15) is 11.2 Å². The van der Waals surface area contributed by atoms with Gasteiger partial charge in [-0.2, -0.15) is 0 Å². The van der Waals surface area contributed by atoms with E-state index in [4.69, 9.17) is 4.42 Å². The molecule has 0 aliphatic rings. The van der Waals surface area contributed by atoms with Gasteiger partial charge in [0, 0.05) is 38.6 Å². The first-order valence-corrected chi connectivity index (χ1v) is 15.3. The minimum Gasteiger partial charge on any atom is -0.456 e. The van der Waals surface area contributed by atoms with Gasteiger partial charge >= 0.3 is 0 Å². The third-order valence-electron chi connectivity index (χ3n) is 8.77. The zero-order valence-electron chi connectivity index (χ0n) is 24.5. The zero-order valence-corrected chi connectivity index (χ0v) is 24.5. The zero-order chi connectivity index (χ0) is 29.7. The van der Waals surface area contributed by atoms with Crippen LogP contribution in [0.25, 0.3) is 60.6 Å². The Bertz CT molecular complexity index is 2470. The van der Waals surface area contributed by atoms with Crippen molar-refractivity contribution < 1.29 is 4.42 Å². The standard InChI is InChI=1S/C42H28N2O/c1-4-14-29(15-5-1)33-21-12-22-36-41(33)42-37(23-13-24-38(42)44(36)31-18-8-3-9-19-31)43(30-16-6-2-7-17-30)32-26-27-40-35(28-32)34-20-10-11-25-39(34)45-40/h1-28H. The van der Waals surface area contributed by atoms with Crippen molar-refractivity contribution in [2.24, 2.45) is 0 Å². The van der Waals surface area contributed by atoms with Gasteiger partial charge in [-0.3, -0.25) is 0 Å². The summed E-state index contributed by atoms with van der Waals surface area (Å²) >= 11 is 0. The number of rotatable bonds is 5. The second-order valence-corrected chi connectivity index (χ2v) is 11.4. The molecule has 0 radical (unpaired) electrons. The molecule has 0 saturated heterocycles. The average Bonchev–Trinajstić information content (AvgIpc) is 3.66. The number of benzene rings is 7. The molecule has 45 heavy (non-hydrogen) atoms. The van der Waals surface area contributed by atoms with Crippen molar-refractivity contribution in [1.82, 2.24) is 4.57 Å². The Morgan fingerprint density at radius 3 is 1.89 bits per heavy atom. The summed E-state index contributed by atoms with van der Waals surface area (Å²) in [5.74, 6) is 0. The Labute approximate surface area is 260 Å². The van der Waals surface area contributed by atoms with Crippen LogP contribution in [0.2, 0.25) is 0 Å². The molecular formula is C42H28N2O. The van der Waals surface area contributed by atoms with Crippen LogP contribution in [0.3, 0.4) is 0 Å². The van der Waals surface area contributed by atoms with Gasteiger partial charge in [0.2, 0.25) is 0 Å². The van der Waals surface area contributed by atoms with Gasteiger partial charge in [0.25, 0.3) is 0 Å². The second-order valence-electron chi connectivity index (χ2n) is 11.4. The van der Waals surface area contributed by atoms with E-state index in [9.17, 15) is 0 Å². The summed E-state index contributed by atoms with van der Waals surface area (Å²) in [5, 5.41) is 4.66. The van der Waals surface area contributed by atoms with Gasteiger partial charge in [-0.05, 0) is 77.9 Å². The third kappa shape index (κ3) is 4.05. The van der Waals surface area contributed by atoms with Crippen LogP contribution in [-0.4, -0.2) is 4.57 Å². The number of nitrogens with zero attached hydrogens (tertiary/aromatic N) is 2. The van der Waals surface area contributed by atoms with Gasteiger partial charge < -0.3 is 13.9 Å². The quantitative estimate of drug-likeness (QED) is 0.203. The first-order valence-electron chi connectivity index (χ1n) is 15.3. The summed E-state index contributed by atoms with van der Waals surface area (Å²) in [7, 11) is 0. The number of anilines is 3. The monoisotopic (exact) mass is 576 g/mol. The fourth-order valence-corrected chi connectivity index (χ4v) is 6.85. The van der Waals surface area contributed by atoms with E-state index in [1.807, 2.05) is 12.1 Å². The molecule has 0 N–H and O–H groups in total. The number of para-hydroxylation sites is 3. The Morgan fingerprint density at radius 2 is 1.09 bits per heavy atom. The maximum atomic E-state index is 6.22. The highest BCUT2D eigenvalue weighted by atomic mass is 16.3. The number of furan rings is 1. The van der Waals surface area contributed by atoms with Crippen LogP contribution in [0, 0.1) is 0 Å². The van der Waals surface area contributed by atoms with E-state index in [2.05, 4.69) is 167 Å². The number of aromatic nitrogens is 1. The SMILES string of the molecule is c1ccc(-c2cccc3c2c2c(N(c4ccccc4)c4ccc5oc6ccccc6c5c4)cccc2n3-c2ccccc2)cc1. The van der Waals surface area contributed by atoms with E-state index in [1.165, 1.54) is 27.4 Å². The predicted molar refractivity (Wildman–Crippen MR) is 188 cm³/mol. The van der Waals surface area contributed by atoms with Gasteiger partial charge in [-0.25, -0.2) is 0 Å². The first-order chi connectivity index (χ1) is 22.3. The Morgan fingerprint density at radius 1 is 0.444 bits per heavy atom. The minimum atomic E-state index is 0.887. The molecule has 2 heterocycles. The highest BCUT2D eigenvalue weighted by Crippen LogP contribution is 2.47. The predicted octanol–water partition coefficient (Wildman–Crippen LogP) is 11.8. The lowest BCUT2D eigenvalue weighted by molar-refractivity contribution is 0.669. The topological polar surface area (TPSA) is 21.3 Å². The lowest BCUT2D eigenvalue weighted by atomic mass is 9.98. The summed E-state index contributed by atoms with van der Waals surface area (Å²) in [4.78, 5) is 2.39. The molecule has 0 saturated carbocycles. The maximum Gasteiger partial charge on any atom is 0.135 e. The fourth-order valence-electron chi connectivity index (χ4n) is 6.85. The lowest BCUT2D eigenvalue weighted by Crippen LogP contribution is -2.10. The summed E-state index contributed by atoms with van der Waals surface area (Å²) in [6.45, 7) is 0. The molecule has 212 valence electrons. The van der Waals surface area contributed by atoms with E-state index >= 15 is 0 Å². The van der Waals surface area contributed by atoms with Crippen molar-refractivity contribution in [3.63, 3.8) is 0 Å². The van der Waals surface area contributed by atoms with Crippen LogP contribution in [-0.2, 0) is 0 Å². The molecule has 9 aromatic rings. The van der Waals surface area contributed by atoms with Crippen LogP contribution in [0.15, 0.2) is 174 Å². The Kier molecular flexibility index (Phi) is 5.82. The highest BCUT2D eigenvalue weighted by molar-refractivity contribution is 6.21. The third-order valence-corrected chi connectivity index (χ3v) is 8.77. The molecule has 0 spiro atoms. The molecule has 0 aliphatic heterocycles. The van der Waals surface area contributed by atoms with Gasteiger partial charge in [-0.1, -0.05) is 103 Å². The van der Waals surface area contributed by atoms with E-state index in [0.29, 0.717) is 0 Å². The highest BCUT2D eigenvalue weighted by Gasteiger charge is 2.23. The number of hydrogen-bond acceptors (Lipinski definition) is 2. The Balaban J connectivity index is 1.41. The van der Waals surface area contributed by atoms with E-state index in [0.717, 1.165) is 50.2 Å². The normalized spacial score (nSPS) is 11.6. The van der Waals surface area contributed by atoms with Crippen LogP contribution in [0.5, 0.6) is 0 Å². The molecule has 0 atom stereocenters.